The first-order chi connectivity index (χ1) is 18.4. The van der Waals surface area contributed by atoms with Crippen molar-refractivity contribution >= 4 is 16.9 Å². The Morgan fingerprint density at radius 1 is 0.974 bits per heavy atom. The fourth-order valence-electron chi connectivity index (χ4n) is 4.78. The highest BCUT2D eigenvalue weighted by Crippen LogP contribution is 2.49. The standard InChI is InChI=1S/C29H27NO8/c1-36-19-9-7-17(8-10-19)20(15-23(32)30-11-13-37-14-12-30)24-26(33)28(35)27(34)25-21(31)16-22(38-29(24)25)18-5-3-2-4-6-18/h2-10,16,20,33-35H,11-15H2,1H3/t20-/m1/s1. The molecule has 9 heteroatoms. The van der Waals surface area contributed by atoms with Crippen LogP contribution >= 0.6 is 0 Å². The molecule has 1 amide bonds. The van der Waals surface area contributed by atoms with Crippen LogP contribution in [0.4, 0.5) is 0 Å². The molecule has 9 nitrogen and oxygen atoms in total. The molecule has 1 aliphatic heterocycles. The molecule has 196 valence electrons. The number of carbonyl (C=O) groups is 1. The lowest BCUT2D eigenvalue weighted by atomic mass is 9.85. The van der Waals surface area contributed by atoms with Gasteiger partial charge in [-0.3, -0.25) is 9.59 Å². The predicted molar refractivity (Wildman–Crippen MR) is 140 cm³/mol. The number of phenols is 3. The number of rotatable bonds is 6. The topological polar surface area (TPSA) is 130 Å². The molecule has 0 aliphatic carbocycles. The number of hydrogen-bond acceptors (Lipinski definition) is 8. The van der Waals surface area contributed by atoms with E-state index in [0.717, 1.165) is 0 Å². The van der Waals surface area contributed by atoms with Gasteiger partial charge in [-0.2, -0.15) is 0 Å². The molecule has 1 aliphatic rings. The van der Waals surface area contributed by atoms with Gasteiger partial charge in [-0.15, -0.1) is 0 Å². The van der Waals surface area contributed by atoms with Gasteiger partial charge in [0, 0.05) is 42.6 Å². The van der Waals surface area contributed by atoms with E-state index in [9.17, 15) is 24.9 Å². The summed E-state index contributed by atoms with van der Waals surface area (Å²) in [6.07, 6.45) is -0.0987. The van der Waals surface area contributed by atoms with Crippen LogP contribution in [0.2, 0.25) is 0 Å². The molecule has 1 saturated heterocycles. The van der Waals surface area contributed by atoms with Gasteiger partial charge in [0.05, 0.1) is 20.3 Å². The van der Waals surface area contributed by atoms with Gasteiger partial charge in [-0.25, -0.2) is 0 Å². The van der Waals surface area contributed by atoms with Crippen molar-refractivity contribution in [2.75, 3.05) is 33.4 Å². The van der Waals surface area contributed by atoms with Crippen molar-refractivity contribution in [3.05, 3.63) is 82.0 Å². The van der Waals surface area contributed by atoms with Crippen molar-refractivity contribution in [3.8, 4) is 34.3 Å². The Labute approximate surface area is 218 Å². The second kappa shape index (κ2) is 10.5. The molecule has 3 aromatic carbocycles. The van der Waals surface area contributed by atoms with Gasteiger partial charge in [-0.05, 0) is 17.7 Å². The van der Waals surface area contributed by atoms with Gasteiger partial charge >= 0.3 is 0 Å². The van der Waals surface area contributed by atoms with Crippen molar-refractivity contribution in [3.63, 3.8) is 0 Å². The van der Waals surface area contributed by atoms with Gasteiger partial charge in [0.25, 0.3) is 0 Å². The zero-order chi connectivity index (χ0) is 26.8. The zero-order valence-corrected chi connectivity index (χ0v) is 20.7. The van der Waals surface area contributed by atoms with Gasteiger partial charge in [-0.1, -0.05) is 42.5 Å². The first kappa shape index (κ1) is 25.2. The van der Waals surface area contributed by atoms with E-state index in [4.69, 9.17) is 13.9 Å². The molecule has 0 saturated carbocycles. The lowest BCUT2D eigenvalue weighted by Crippen LogP contribution is -2.41. The summed E-state index contributed by atoms with van der Waals surface area (Å²) in [6.45, 7) is 1.69. The fraction of sp³-hybridized carbons (Fsp3) is 0.241. The minimum absolute atomic E-state index is 0.0250. The highest BCUT2D eigenvalue weighted by molar-refractivity contribution is 5.94. The van der Waals surface area contributed by atoms with E-state index in [1.54, 1.807) is 53.4 Å². The number of fused-ring (bicyclic) bond motifs is 1. The predicted octanol–water partition coefficient (Wildman–Crippen LogP) is 3.97. The van der Waals surface area contributed by atoms with Crippen molar-refractivity contribution < 1.29 is 34.0 Å². The number of phenolic OH excluding ortho intramolecular Hbond substituents is 3. The number of carbonyl (C=O) groups excluding carboxylic acids is 1. The number of benzene rings is 3. The van der Waals surface area contributed by atoms with Crippen LogP contribution in [0.5, 0.6) is 23.0 Å². The van der Waals surface area contributed by atoms with Crippen LogP contribution < -0.4 is 10.2 Å². The smallest absolute Gasteiger partial charge is 0.223 e. The SMILES string of the molecule is COc1ccc([C@@H](CC(=O)N2CCOCC2)c2c(O)c(O)c(O)c3c(=O)cc(-c4ccccc4)oc23)cc1. The molecular formula is C29H27NO8. The molecule has 0 spiro atoms. The lowest BCUT2D eigenvalue weighted by Gasteiger charge is -2.29. The van der Waals surface area contributed by atoms with Gasteiger partial charge in [0.1, 0.15) is 22.5 Å². The quantitative estimate of drug-likeness (QED) is 0.328. The summed E-state index contributed by atoms with van der Waals surface area (Å²) in [5, 5.41) is 32.1. The number of amides is 1. The zero-order valence-electron chi connectivity index (χ0n) is 20.7. The van der Waals surface area contributed by atoms with Crippen LogP contribution in [-0.4, -0.2) is 59.5 Å². The number of methoxy groups -OCH3 is 1. The number of nitrogens with zero attached hydrogens (tertiary/aromatic N) is 1. The van der Waals surface area contributed by atoms with Crippen LogP contribution in [0.25, 0.3) is 22.3 Å². The minimum Gasteiger partial charge on any atom is -0.504 e. The molecule has 4 aromatic rings. The van der Waals surface area contributed by atoms with Crippen LogP contribution in [0.15, 0.2) is 69.9 Å². The Hall–Kier alpha value is -4.50. The molecule has 0 bridgehead atoms. The van der Waals surface area contributed by atoms with Crippen molar-refractivity contribution in [2.45, 2.75) is 12.3 Å². The molecule has 2 heterocycles. The Morgan fingerprint density at radius 3 is 2.32 bits per heavy atom. The largest absolute Gasteiger partial charge is 0.504 e. The average molecular weight is 518 g/mol. The molecule has 3 N–H and O–H groups in total. The molecule has 38 heavy (non-hydrogen) atoms. The maximum absolute atomic E-state index is 13.4. The monoisotopic (exact) mass is 517 g/mol. The van der Waals surface area contributed by atoms with Crippen LogP contribution in [0.3, 0.4) is 0 Å². The average Bonchev–Trinajstić information content (AvgIpc) is 2.96. The Morgan fingerprint density at radius 2 is 1.66 bits per heavy atom. The molecular weight excluding hydrogens is 490 g/mol. The second-order valence-corrected chi connectivity index (χ2v) is 9.03. The summed E-state index contributed by atoms with van der Waals surface area (Å²) in [7, 11) is 1.53. The molecule has 1 aromatic heterocycles. The van der Waals surface area contributed by atoms with E-state index in [-0.39, 0.29) is 34.6 Å². The lowest BCUT2D eigenvalue weighted by molar-refractivity contribution is -0.135. The van der Waals surface area contributed by atoms with Crippen LogP contribution in [-0.2, 0) is 9.53 Å². The molecule has 5 rings (SSSR count). The highest BCUT2D eigenvalue weighted by Gasteiger charge is 2.32. The summed E-state index contributed by atoms with van der Waals surface area (Å²) in [5.41, 5.74) is 0.528. The van der Waals surface area contributed by atoms with E-state index < -0.39 is 28.6 Å². The Balaban J connectivity index is 1.75. The van der Waals surface area contributed by atoms with Crippen molar-refractivity contribution in [2.24, 2.45) is 0 Å². The van der Waals surface area contributed by atoms with Crippen LogP contribution in [0, 0.1) is 0 Å². The summed E-state index contributed by atoms with van der Waals surface area (Å²) >= 11 is 0. The first-order valence-corrected chi connectivity index (χ1v) is 12.2. The Kier molecular flexibility index (Phi) is 6.93. The maximum atomic E-state index is 13.4. The molecule has 0 radical (unpaired) electrons. The van der Waals surface area contributed by atoms with Crippen molar-refractivity contribution in [1.29, 1.82) is 0 Å². The maximum Gasteiger partial charge on any atom is 0.223 e. The molecule has 1 fully saturated rings. The third kappa shape index (κ3) is 4.64. The summed E-state index contributed by atoms with van der Waals surface area (Å²) in [4.78, 5) is 28.3. The van der Waals surface area contributed by atoms with E-state index in [0.29, 0.717) is 43.2 Å². The second-order valence-electron chi connectivity index (χ2n) is 9.03. The number of morpholine rings is 1. The van der Waals surface area contributed by atoms with E-state index in [1.165, 1.54) is 13.2 Å². The highest BCUT2D eigenvalue weighted by atomic mass is 16.5. The minimum atomic E-state index is -0.857. The Bertz CT molecular complexity index is 1520. The third-order valence-electron chi connectivity index (χ3n) is 6.80. The normalized spacial score (nSPS) is 14.4. The first-order valence-electron chi connectivity index (χ1n) is 12.2. The number of aromatic hydroxyl groups is 3. The van der Waals surface area contributed by atoms with Gasteiger partial charge < -0.3 is 34.1 Å². The fourth-order valence-corrected chi connectivity index (χ4v) is 4.78. The number of ether oxygens (including phenoxy) is 2. The summed E-state index contributed by atoms with van der Waals surface area (Å²) in [6, 6.07) is 17.0. The number of hydrogen-bond donors (Lipinski definition) is 3. The van der Waals surface area contributed by atoms with E-state index >= 15 is 0 Å². The van der Waals surface area contributed by atoms with Gasteiger partial charge in [0.15, 0.2) is 16.9 Å². The summed E-state index contributed by atoms with van der Waals surface area (Å²) in [5.74, 6) is -2.55. The van der Waals surface area contributed by atoms with E-state index in [2.05, 4.69) is 0 Å². The molecule has 1 atom stereocenters. The molecule has 0 unspecified atom stereocenters. The third-order valence-corrected chi connectivity index (χ3v) is 6.80. The van der Waals surface area contributed by atoms with Gasteiger partial charge in [0.2, 0.25) is 11.7 Å². The summed E-state index contributed by atoms with van der Waals surface area (Å²) < 4.78 is 16.8. The van der Waals surface area contributed by atoms with E-state index in [1.807, 2.05) is 6.07 Å². The van der Waals surface area contributed by atoms with Crippen molar-refractivity contribution in [1.82, 2.24) is 4.90 Å². The van der Waals surface area contributed by atoms with Crippen LogP contribution in [0.1, 0.15) is 23.5 Å².